The molecule has 1 unspecified atom stereocenters. The highest BCUT2D eigenvalue weighted by Crippen LogP contribution is 2.43. The van der Waals surface area contributed by atoms with Gasteiger partial charge in [-0.3, -0.25) is 4.79 Å². The normalized spacial score (nSPS) is 27.6. The molecule has 0 radical (unpaired) electrons. The Kier molecular flexibility index (Phi) is 2.66. The zero-order valence-electron chi connectivity index (χ0n) is 8.03. The number of alkyl halides is 2. The van der Waals surface area contributed by atoms with E-state index in [4.69, 9.17) is 11.6 Å². The summed E-state index contributed by atoms with van der Waals surface area (Å²) < 4.78 is 13.5. The molecule has 13 heavy (non-hydrogen) atoms. The first-order valence-electron chi connectivity index (χ1n) is 4.35. The standard InChI is InChI=1S/C9H13ClFNO/c1-4-12(5-2)7-6(3)8(13)9(7,10)11/h4-5H2,1-3H3. The van der Waals surface area contributed by atoms with E-state index in [0.29, 0.717) is 24.4 Å². The van der Waals surface area contributed by atoms with E-state index in [1.54, 1.807) is 11.8 Å². The number of ketones is 1. The van der Waals surface area contributed by atoms with Gasteiger partial charge >= 0.3 is 0 Å². The molecule has 0 N–H and O–H groups in total. The van der Waals surface area contributed by atoms with Crippen molar-refractivity contribution in [2.75, 3.05) is 13.1 Å². The summed E-state index contributed by atoms with van der Waals surface area (Å²) in [7, 11) is 0. The topological polar surface area (TPSA) is 20.3 Å². The van der Waals surface area contributed by atoms with Crippen molar-refractivity contribution in [2.45, 2.75) is 25.9 Å². The number of halogens is 2. The van der Waals surface area contributed by atoms with Gasteiger partial charge in [-0.15, -0.1) is 0 Å². The van der Waals surface area contributed by atoms with E-state index >= 15 is 0 Å². The van der Waals surface area contributed by atoms with E-state index < -0.39 is 10.9 Å². The van der Waals surface area contributed by atoms with E-state index in [0.717, 1.165) is 0 Å². The second-order valence-corrected chi connectivity index (χ2v) is 3.57. The average molecular weight is 206 g/mol. The Hall–Kier alpha value is -0.570. The molecular weight excluding hydrogens is 193 g/mol. The minimum Gasteiger partial charge on any atom is -0.371 e. The molecule has 0 saturated carbocycles. The average Bonchev–Trinajstić information content (AvgIpc) is 2.12. The molecular formula is C9H13ClFNO. The molecule has 0 amide bonds. The summed E-state index contributed by atoms with van der Waals surface area (Å²) in [6, 6.07) is 0. The molecule has 1 atom stereocenters. The highest BCUT2D eigenvalue weighted by Gasteiger charge is 2.53. The van der Waals surface area contributed by atoms with Crippen LogP contribution >= 0.6 is 11.6 Å². The van der Waals surface area contributed by atoms with Gasteiger partial charge < -0.3 is 4.90 Å². The van der Waals surface area contributed by atoms with Crippen LogP contribution in [0, 0.1) is 0 Å². The second kappa shape index (κ2) is 3.29. The fourth-order valence-corrected chi connectivity index (χ4v) is 2.00. The maximum absolute atomic E-state index is 13.5. The van der Waals surface area contributed by atoms with Crippen LogP contribution in [-0.4, -0.2) is 28.9 Å². The van der Waals surface area contributed by atoms with Crippen molar-refractivity contribution in [1.29, 1.82) is 0 Å². The molecule has 0 aromatic rings. The van der Waals surface area contributed by atoms with Crippen LogP contribution in [0.2, 0.25) is 0 Å². The number of hydrogen-bond donors (Lipinski definition) is 0. The molecule has 0 aliphatic heterocycles. The molecule has 1 rings (SSSR count). The molecule has 0 heterocycles. The van der Waals surface area contributed by atoms with E-state index in [-0.39, 0.29) is 0 Å². The fraction of sp³-hybridized carbons (Fsp3) is 0.667. The number of carbonyl (C=O) groups excluding carboxylic acids is 1. The van der Waals surface area contributed by atoms with Gasteiger partial charge in [-0.2, -0.15) is 0 Å². The van der Waals surface area contributed by atoms with Crippen LogP contribution in [0.1, 0.15) is 20.8 Å². The third-order valence-electron chi connectivity index (χ3n) is 2.36. The summed E-state index contributed by atoms with van der Waals surface area (Å²) in [4.78, 5) is 12.8. The minimum absolute atomic E-state index is 0.337. The quantitative estimate of drug-likeness (QED) is 0.658. The van der Waals surface area contributed by atoms with Gasteiger partial charge in [-0.25, -0.2) is 4.39 Å². The maximum atomic E-state index is 13.5. The van der Waals surface area contributed by atoms with Gasteiger partial charge in [0.05, 0.1) is 5.70 Å². The molecule has 0 spiro atoms. The largest absolute Gasteiger partial charge is 0.371 e. The molecule has 0 saturated heterocycles. The van der Waals surface area contributed by atoms with Crippen LogP contribution in [0.3, 0.4) is 0 Å². The molecule has 1 aliphatic carbocycles. The lowest BCUT2D eigenvalue weighted by Gasteiger charge is -2.38. The number of carbonyl (C=O) groups is 1. The fourth-order valence-electron chi connectivity index (χ4n) is 1.60. The number of allylic oxidation sites excluding steroid dienone is 2. The highest BCUT2D eigenvalue weighted by atomic mass is 35.5. The SMILES string of the molecule is CCN(CC)C1=C(C)C(=O)C1(F)Cl. The number of hydrogen-bond acceptors (Lipinski definition) is 2. The van der Waals surface area contributed by atoms with Crippen LogP contribution in [0.15, 0.2) is 11.3 Å². The summed E-state index contributed by atoms with van der Waals surface area (Å²) >= 11 is 5.45. The predicted molar refractivity (Wildman–Crippen MR) is 50.3 cm³/mol. The van der Waals surface area contributed by atoms with Crippen molar-refractivity contribution < 1.29 is 9.18 Å². The van der Waals surface area contributed by atoms with Gasteiger partial charge in [0.25, 0.3) is 5.13 Å². The summed E-state index contributed by atoms with van der Waals surface area (Å²) in [5.41, 5.74) is 0.783. The minimum atomic E-state index is -2.27. The van der Waals surface area contributed by atoms with Crippen molar-refractivity contribution in [3.8, 4) is 0 Å². The molecule has 74 valence electrons. The van der Waals surface area contributed by atoms with Crippen LogP contribution in [0.25, 0.3) is 0 Å². The van der Waals surface area contributed by atoms with Gasteiger partial charge in [0.15, 0.2) is 0 Å². The van der Waals surface area contributed by atoms with E-state index in [1.165, 1.54) is 0 Å². The molecule has 1 aliphatic rings. The van der Waals surface area contributed by atoms with Crippen molar-refractivity contribution in [1.82, 2.24) is 4.90 Å². The Balaban J connectivity index is 2.99. The third-order valence-corrected chi connectivity index (χ3v) is 2.71. The monoisotopic (exact) mass is 205 g/mol. The molecule has 0 aromatic carbocycles. The van der Waals surface area contributed by atoms with Crippen LogP contribution in [0.5, 0.6) is 0 Å². The number of rotatable bonds is 3. The van der Waals surface area contributed by atoms with Crippen molar-refractivity contribution in [3.05, 3.63) is 11.3 Å². The zero-order chi connectivity index (χ0) is 10.2. The van der Waals surface area contributed by atoms with Crippen LogP contribution < -0.4 is 0 Å². The van der Waals surface area contributed by atoms with E-state index in [1.807, 2.05) is 13.8 Å². The highest BCUT2D eigenvalue weighted by molar-refractivity contribution is 6.42. The van der Waals surface area contributed by atoms with Crippen LogP contribution in [-0.2, 0) is 4.79 Å². The molecule has 0 fully saturated rings. The van der Waals surface area contributed by atoms with E-state index in [2.05, 4.69) is 0 Å². The van der Waals surface area contributed by atoms with Gasteiger partial charge in [-0.1, -0.05) is 11.6 Å². The summed E-state index contributed by atoms with van der Waals surface area (Å²) in [5, 5.41) is -2.27. The summed E-state index contributed by atoms with van der Waals surface area (Å²) in [6.07, 6.45) is 0. The first kappa shape index (κ1) is 10.5. The Morgan fingerprint density at radius 1 is 1.46 bits per heavy atom. The van der Waals surface area contributed by atoms with Gasteiger partial charge in [0.1, 0.15) is 0 Å². The lowest BCUT2D eigenvalue weighted by molar-refractivity contribution is -0.124. The zero-order valence-corrected chi connectivity index (χ0v) is 8.78. The molecule has 0 aromatic heterocycles. The van der Waals surface area contributed by atoms with E-state index in [9.17, 15) is 9.18 Å². The third kappa shape index (κ3) is 1.35. The Bertz CT molecular complexity index is 269. The number of nitrogens with zero attached hydrogens (tertiary/aromatic N) is 1. The van der Waals surface area contributed by atoms with Gasteiger partial charge in [0, 0.05) is 18.7 Å². The lowest BCUT2D eigenvalue weighted by atomic mass is 9.90. The molecule has 4 heteroatoms. The second-order valence-electron chi connectivity index (χ2n) is 3.05. The Morgan fingerprint density at radius 2 is 1.92 bits per heavy atom. The van der Waals surface area contributed by atoms with Gasteiger partial charge in [-0.05, 0) is 20.8 Å². The van der Waals surface area contributed by atoms with Crippen LogP contribution in [0.4, 0.5) is 4.39 Å². The first-order valence-corrected chi connectivity index (χ1v) is 4.73. The lowest BCUT2D eigenvalue weighted by Crippen LogP contribution is -2.49. The summed E-state index contributed by atoms with van der Waals surface area (Å²) in [6.45, 7) is 6.74. The first-order chi connectivity index (χ1) is 5.96. The predicted octanol–water partition coefficient (Wildman–Crippen LogP) is 2.09. The maximum Gasteiger partial charge on any atom is 0.285 e. The van der Waals surface area contributed by atoms with Crippen molar-refractivity contribution >= 4 is 17.4 Å². The van der Waals surface area contributed by atoms with Crippen molar-refractivity contribution in [2.24, 2.45) is 0 Å². The molecule has 2 nitrogen and oxygen atoms in total. The number of Topliss-reactive ketones (excluding diaryl/α,β-unsaturated/α-hetero) is 1. The Labute approximate surface area is 82.4 Å². The Morgan fingerprint density at radius 3 is 2.23 bits per heavy atom. The van der Waals surface area contributed by atoms with Gasteiger partial charge in [0.2, 0.25) is 5.78 Å². The smallest absolute Gasteiger partial charge is 0.285 e. The molecule has 0 bridgehead atoms. The summed E-state index contributed by atoms with van der Waals surface area (Å²) in [5.74, 6) is -0.601. The van der Waals surface area contributed by atoms with Crippen molar-refractivity contribution in [3.63, 3.8) is 0 Å².